The molecule has 5 aliphatic heterocycles. The third-order valence-electron chi connectivity index (χ3n) is 18.0. The topological polar surface area (TPSA) is 291 Å². The molecule has 73 heavy (non-hydrogen) atoms. The van der Waals surface area contributed by atoms with Crippen LogP contribution < -0.4 is 0 Å². The molecule has 8 unspecified atom stereocenters. The molecule has 0 aromatic heterocycles. The van der Waals surface area contributed by atoms with Crippen LogP contribution in [0.2, 0.25) is 0 Å². The molecule has 20 heteroatoms. The summed E-state index contributed by atoms with van der Waals surface area (Å²) in [6, 6.07) is 5.95. The van der Waals surface area contributed by atoms with Crippen molar-refractivity contribution in [2.24, 2.45) is 34.5 Å². The number of ether oxygens (including phenoxy) is 8. The molecule has 3 saturated carbocycles. The fourth-order valence-corrected chi connectivity index (χ4v) is 14.8. The van der Waals surface area contributed by atoms with Crippen molar-refractivity contribution in [3.63, 3.8) is 0 Å². The molecule has 10 rings (SSSR count). The van der Waals surface area contributed by atoms with Gasteiger partial charge in [0.1, 0.15) is 66.3 Å². The Hall–Kier alpha value is -2.97. The summed E-state index contributed by atoms with van der Waals surface area (Å²) in [5.74, 6) is -1.96. The highest BCUT2D eigenvalue weighted by molar-refractivity contribution is 5.87. The van der Waals surface area contributed by atoms with Crippen molar-refractivity contribution in [3.8, 4) is 5.75 Å². The van der Waals surface area contributed by atoms with Gasteiger partial charge in [0.2, 0.25) is 5.79 Å². The maximum absolute atomic E-state index is 13.3. The fraction of sp³-hybridized carbons (Fsp3) is 0.755. The van der Waals surface area contributed by atoms with Crippen molar-refractivity contribution in [3.05, 3.63) is 59.2 Å². The first-order valence-electron chi connectivity index (χ1n) is 25.9. The second-order valence-corrected chi connectivity index (χ2v) is 23.3. The number of phenols is 1. The smallest absolute Gasteiger partial charge is 0.331 e. The summed E-state index contributed by atoms with van der Waals surface area (Å²) in [5, 5.41) is 97.7. The van der Waals surface area contributed by atoms with Crippen LogP contribution in [0.3, 0.4) is 0 Å². The van der Waals surface area contributed by atoms with E-state index in [1.165, 1.54) is 23.8 Å². The molecule has 20 nitrogen and oxygen atoms in total. The van der Waals surface area contributed by atoms with Gasteiger partial charge in [-0.15, -0.1) is 0 Å². The van der Waals surface area contributed by atoms with Gasteiger partial charge in [-0.25, -0.2) is 9.68 Å². The highest BCUT2D eigenvalue weighted by atomic mass is 17.3. The molecule has 23 atom stereocenters. The Labute approximate surface area is 424 Å². The van der Waals surface area contributed by atoms with Gasteiger partial charge in [-0.05, 0) is 93.9 Å². The van der Waals surface area contributed by atoms with Crippen LogP contribution in [-0.4, -0.2) is 181 Å². The molecule has 406 valence electrons. The van der Waals surface area contributed by atoms with Gasteiger partial charge >= 0.3 is 5.97 Å². The molecule has 1 aromatic carbocycles. The number of hydrogen-bond donors (Lipinski definition) is 9. The van der Waals surface area contributed by atoms with Crippen LogP contribution >= 0.6 is 0 Å². The van der Waals surface area contributed by atoms with E-state index >= 15 is 0 Å². The highest BCUT2D eigenvalue weighted by Crippen LogP contribution is 2.73. The number of phenolic OH excluding ortho intramolecular Hbond substituents is 1. The van der Waals surface area contributed by atoms with Gasteiger partial charge in [0, 0.05) is 30.3 Å². The van der Waals surface area contributed by atoms with Crippen LogP contribution in [-0.2, 0) is 52.5 Å². The molecule has 0 radical (unpaired) electrons. The number of fused-ring (bicyclic) bond motifs is 4. The highest BCUT2D eigenvalue weighted by Gasteiger charge is 2.80. The van der Waals surface area contributed by atoms with E-state index in [1.807, 2.05) is 20.8 Å². The summed E-state index contributed by atoms with van der Waals surface area (Å²) < 4.78 is 50.0. The van der Waals surface area contributed by atoms with Gasteiger partial charge in [-0.2, -0.15) is 4.89 Å². The predicted octanol–water partition coefficient (Wildman–Crippen LogP) is 1.79. The van der Waals surface area contributed by atoms with Crippen molar-refractivity contribution in [1.29, 1.82) is 0 Å². The maximum Gasteiger partial charge on any atom is 0.331 e. The number of esters is 1. The lowest BCUT2D eigenvalue weighted by Crippen LogP contribution is -2.65. The lowest BCUT2D eigenvalue weighted by atomic mass is 9.45. The Morgan fingerprint density at radius 1 is 0.781 bits per heavy atom. The molecule has 5 heterocycles. The van der Waals surface area contributed by atoms with E-state index in [0.29, 0.717) is 37.7 Å². The molecule has 4 aliphatic carbocycles. The number of carbonyl (C=O) groups excluding carboxylic acids is 1. The summed E-state index contributed by atoms with van der Waals surface area (Å²) in [6.07, 6.45) is -9.87. The van der Waals surface area contributed by atoms with Crippen LogP contribution in [0.15, 0.2) is 53.6 Å². The minimum atomic E-state index is -1.86. The number of rotatable bonds is 12. The van der Waals surface area contributed by atoms with Gasteiger partial charge < -0.3 is 83.9 Å². The number of aliphatic hydroxyl groups is 8. The zero-order valence-electron chi connectivity index (χ0n) is 42.2. The lowest BCUT2D eigenvalue weighted by molar-refractivity contribution is -0.486. The Morgan fingerprint density at radius 3 is 2.15 bits per heavy atom. The van der Waals surface area contributed by atoms with E-state index in [2.05, 4.69) is 32.9 Å². The molecular formula is C53H74O20. The minimum absolute atomic E-state index is 0.0163. The van der Waals surface area contributed by atoms with Crippen LogP contribution in [0.1, 0.15) is 92.1 Å². The lowest BCUT2D eigenvalue weighted by Gasteiger charge is -2.62. The first-order chi connectivity index (χ1) is 34.6. The van der Waals surface area contributed by atoms with Gasteiger partial charge in [0.05, 0.1) is 43.5 Å². The van der Waals surface area contributed by atoms with E-state index < -0.39 is 128 Å². The monoisotopic (exact) mass is 1030 g/mol. The largest absolute Gasteiger partial charge is 0.508 e. The van der Waals surface area contributed by atoms with Crippen LogP contribution in [0.4, 0.5) is 0 Å². The molecule has 2 bridgehead atoms. The Bertz CT molecular complexity index is 2270. The van der Waals surface area contributed by atoms with E-state index in [-0.39, 0.29) is 47.5 Å². The van der Waals surface area contributed by atoms with E-state index in [1.54, 1.807) is 12.1 Å². The number of aromatic hydroxyl groups is 1. The third kappa shape index (κ3) is 9.16. The zero-order valence-corrected chi connectivity index (χ0v) is 42.2. The van der Waals surface area contributed by atoms with Crippen molar-refractivity contribution in [2.75, 3.05) is 19.8 Å². The minimum Gasteiger partial charge on any atom is -0.508 e. The predicted molar refractivity (Wildman–Crippen MR) is 252 cm³/mol. The van der Waals surface area contributed by atoms with Gasteiger partial charge in [-0.1, -0.05) is 56.2 Å². The molecule has 9 N–H and O–H groups in total. The zero-order chi connectivity index (χ0) is 52.2. The molecule has 9 aliphatic rings. The first kappa shape index (κ1) is 53.4. The first-order valence-corrected chi connectivity index (χ1v) is 25.9. The maximum atomic E-state index is 13.3. The number of aliphatic hydroxyl groups excluding tert-OH is 7. The quantitative estimate of drug-likeness (QED) is 0.0624. The molecule has 5 saturated heterocycles. The molecular weight excluding hydrogens is 957 g/mol. The van der Waals surface area contributed by atoms with E-state index in [0.717, 1.165) is 24.5 Å². The molecule has 8 fully saturated rings. The molecule has 2 spiro atoms. The van der Waals surface area contributed by atoms with Crippen LogP contribution in [0, 0.1) is 34.5 Å². The summed E-state index contributed by atoms with van der Waals surface area (Å²) >= 11 is 0. The number of carbonyl (C=O) groups is 1. The summed E-state index contributed by atoms with van der Waals surface area (Å²) in [4.78, 5) is 26.1. The third-order valence-corrected chi connectivity index (χ3v) is 18.0. The molecule has 1 aromatic rings. The summed E-state index contributed by atoms with van der Waals surface area (Å²) in [5.41, 5.74) is 0.219. The van der Waals surface area contributed by atoms with Gasteiger partial charge in [0.15, 0.2) is 25.0 Å². The van der Waals surface area contributed by atoms with Crippen molar-refractivity contribution >= 4 is 12.0 Å². The second kappa shape index (κ2) is 19.8. The standard InChI is InChI=1S/C53H74O20/c1-25(2)19-28-20-51(6,63)45-31-13-12-29-30(52(31)24-53(45,71-28)73-72-52)14-15-35-49(3,4)36(17-18-50(29,35)5)67-47-44(70-46-41(62)39(60)34(22-55)65-46)42(32(57)23-64-47)69-48-43(40(61)38(59)33(21-54)66-48)68-37(58)16-9-26-7-10-27(56)11-8-26/h7-11,15-16,19,28-34,36,38-48,54-57,59-63H,12-14,17-18,20-24H2,1-6H3/b16-9+/t28?,29?,30?,31?,32-,33-,34+,36+,38-,39+,40+,41-,42+,43-,44-,45?,46+,47+,48?,50-,51+,52?,53?/m1/s1. The second-order valence-electron chi connectivity index (χ2n) is 23.3. The van der Waals surface area contributed by atoms with Crippen LogP contribution in [0.25, 0.3) is 6.08 Å². The average Bonchev–Trinajstić information content (AvgIpc) is 3.95. The normalized spacial score (nSPS) is 48.8. The van der Waals surface area contributed by atoms with Crippen molar-refractivity contribution < 1.29 is 98.4 Å². The fourth-order valence-electron chi connectivity index (χ4n) is 14.8. The Balaban J connectivity index is 0.912. The van der Waals surface area contributed by atoms with Crippen molar-refractivity contribution in [2.45, 2.75) is 196 Å². The number of benzene rings is 1. The summed E-state index contributed by atoms with van der Waals surface area (Å²) in [6.45, 7) is 10.7. The van der Waals surface area contributed by atoms with E-state index in [4.69, 9.17) is 47.7 Å². The summed E-state index contributed by atoms with van der Waals surface area (Å²) in [7, 11) is 0. The number of hydrogen-bond acceptors (Lipinski definition) is 20. The van der Waals surface area contributed by atoms with E-state index in [9.17, 15) is 50.8 Å². The Kier molecular flexibility index (Phi) is 14.5. The average molecular weight is 1030 g/mol. The molecule has 0 amide bonds. The number of allylic oxidation sites excluding steroid dienone is 2. The van der Waals surface area contributed by atoms with Gasteiger partial charge in [-0.3, -0.25) is 0 Å². The Morgan fingerprint density at radius 2 is 1.45 bits per heavy atom. The van der Waals surface area contributed by atoms with Crippen LogP contribution in [0.5, 0.6) is 5.75 Å². The SMILES string of the molecule is CC(C)=CC1C[C@](C)(O)C2C3CCC4C(CC=C5C(C)(C)[C@@H](O[C@@H]6OC[C@@H](O)[C@H](OC7O[C@H](CO)[C@@H](O)[C@H](O)[C@H]7OC(=O)/C=C/c7ccc(O)cc7)[C@H]6O[C@@H]6O[C@@H](CO)[C@H](O)[C@H]6O)CC[C@@]54C)C34CC2(OO4)O1. The van der Waals surface area contributed by atoms with Crippen molar-refractivity contribution in [1.82, 2.24) is 0 Å². The van der Waals surface area contributed by atoms with Gasteiger partial charge in [0.25, 0.3) is 0 Å².